The molecular weight excluding hydrogens is 312 g/mol. The maximum atomic E-state index is 10.4. The summed E-state index contributed by atoms with van der Waals surface area (Å²) in [6, 6.07) is 0.0587. The first-order valence-electron chi connectivity index (χ1n) is 8.02. The van der Waals surface area contributed by atoms with E-state index < -0.39 is 18.2 Å². The molecule has 0 spiro atoms. The van der Waals surface area contributed by atoms with Crippen LogP contribution >= 0.6 is 0 Å². The van der Waals surface area contributed by atoms with Crippen LogP contribution in [0, 0.1) is 0 Å². The van der Waals surface area contributed by atoms with E-state index in [-0.39, 0.29) is 12.6 Å². The maximum absolute atomic E-state index is 10.4. The van der Waals surface area contributed by atoms with Gasteiger partial charge < -0.3 is 30.2 Å². The number of aliphatic hydroxyl groups is 2. The van der Waals surface area contributed by atoms with E-state index in [0.717, 1.165) is 12.8 Å². The van der Waals surface area contributed by atoms with Gasteiger partial charge in [-0.15, -0.1) is 0 Å². The van der Waals surface area contributed by atoms with Crippen LogP contribution in [0.25, 0.3) is 11.2 Å². The van der Waals surface area contributed by atoms with E-state index in [0.29, 0.717) is 23.0 Å². The van der Waals surface area contributed by atoms with E-state index in [1.165, 1.54) is 7.11 Å². The van der Waals surface area contributed by atoms with Crippen molar-refractivity contribution in [2.75, 3.05) is 31.4 Å². The zero-order valence-corrected chi connectivity index (χ0v) is 14.1. The fraction of sp³-hybridized carbons (Fsp3) is 0.667. The van der Waals surface area contributed by atoms with Gasteiger partial charge >= 0.3 is 0 Å². The monoisotopic (exact) mass is 336 g/mol. The van der Waals surface area contributed by atoms with E-state index in [1.807, 2.05) is 14.0 Å². The molecule has 9 nitrogen and oxygen atoms in total. The lowest BCUT2D eigenvalue weighted by molar-refractivity contribution is -0.0587. The Kier molecular flexibility index (Phi) is 4.57. The van der Waals surface area contributed by atoms with Crippen molar-refractivity contribution in [3.05, 3.63) is 6.33 Å². The van der Waals surface area contributed by atoms with Gasteiger partial charge in [-0.3, -0.25) is 0 Å². The summed E-state index contributed by atoms with van der Waals surface area (Å²) in [4.78, 5) is 15.1. The van der Waals surface area contributed by atoms with Crippen LogP contribution in [0.15, 0.2) is 6.33 Å². The number of nitrogen functional groups attached to an aromatic ring is 1. The summed E-state index contributed by atoms with van der Waals surface area (Å²) in [7, 11) is 3.43. The summed E-state index contributed by atoms with van der Waals surface area (Å²) in [6.45, 7) is 1.54. The molecule has 0 unspecified atom stereocenters. The smallest absolute Gasteiger partial charge is 0.224 e. The van der Waals surface area contributed by atoms with Crippen LogP contribution in [0.5, 0.6) is 0 Å². The van der Waals surface area contributed by atoms with Crippen LogP contribution in [0.2, 0.25) is 0 Å². The number of aliphatic hydroxyl groups excluding tert-OH is 2. The van der Waals surface area contributed by atoms with Crippen LogP contribution in [0.1, 0.15) is 25.8 Å². The van der Waals surface area contributed by atoms with Gasteiger partial charge in [0.15, 0.2) is 17.0 Å². The summed E-state index contributed by atoms with van der Waals surface area (Å²) in [5, 5.41) is 19.8. The highest BCUT2D eigenvalue weighted by Crippen LogP contribution is 2.33. The number of aromatic nitrogens is 4. The van der Waals surface area contributed by atoms with Crippen molar-refractivity contribution < 1.29 is 14.9 Å². The SMILES string of the molecule is CO[C@H](CO)[C@@H](O)[C@H](C)n1cnc2c(N(C)C3CC3)nc(N)nc21. The highest BCUT2D eigenvalue weighted by molar-refractivity contribution is 5.85. The number of hydrogen-bond acceptors (Lipinski definition) is 8. The average molecular weight is 336 g/mol. The molecular formula is C15H24N6O3. The van der Waals surface area contributed by atoms with E-state index in [1.54, 1.807) is 10.9 Å². The summed E-state index contributed by atoms with van der Waals surface area (Å²) >= 11 is 0. The molecule has 3 rings (SSSR count). The standard InChI is InChI=1S/C15H24N6O3/c1-8(12(23)10(6-22)24-3)21-7-17-11-13(20(2)9-4-5-9)18-15(16)19-14(11)21/h7-10,12,22-23H,4-6H2,1-3H3,(H2,16,18,19)/t8-,10+,12-/m0/s1. The van der Waals surface area contributed by atoms with Crippen molar-refractivity contribution in [2.24, 2.45) is 0 Å². The maximum Gasteiger partial charge on any atom is 0.224 e. The van der Waals surface area contributed by atoms with Gasteiger partial charge in [0, 0.05) is 20.2 Å². The Morgan fingerprint density at radius 1 is 1.46 bits per heavy atom. The molecule has 2 aromatic rings. The zero-order chi connectivity index (χ0) is 17.4. The molecule has 0 radical (unpaired) electrons. The number of ether oxygens (including phenoxy) is 1. The molecule has 2 aromatic heterocycles. The van der Waals surface area contributed by atoms with Gasteiger partial charge in [0.2, 0.25) is 5.95 Å². The van der Waals surface area contributed by atoms with Gasteiger partial charge in [-0.05, 0) is 19.8 Å². The van der Waals surface area contributed by atoms with E-state index in [9.17, 15) is 10.2 Å². The van der Waals surface area contributed by atoms with Crippen molar-refractivity contribution in [3.63, 3.8) is 0 Å². The Morgan fingerprint density at radius 3 is 2.75 bits per heavy atom. The van der Waals surface area contributed by atoms with Crippen molar-refractivity contribution in [1.29, 1.82) is 0 Å². The molecule has 0 aliphatic heterocycles. The topological polar surface area (TPSA) is 123 Å². The summed E-state index contributed by atoms with van der Waals surface area (Å²) in [6.07, 6.45) is 2.26. The molecule has 2 heterocycles. The highest BCUT2D eigenvalue weighted by Gasteiger charge is 2.31. The quantitative estimate of drug-likeness (QED) is 0.642. The fourth-order valence-corrected chi connectivity index (χ4v) is 2.89. The molecule has 1 fully saturated rings. The number of methoxy groups -OCH3 is 1. The predicted molar refractivity (Wildman–Crippen MR) is 89.8 cm³/mol. The van der Waals surface area contributed by atoms with Crippen molar-refractivity contribution in [1.82, 2.24) is 19.5 Å². The Bertz CT molecular complexity index is 713. The summed E-state index contributed by atoms with van der Waals surface area (Å²) in [5.41, 5.74) is 7.09. The average Bonchev–Trinajstić information content (AvgIpc) is 3.34. The molecule has 0 saturated heterocycles. The molecule has 3 atom stereocenters. The number of imidazole rings is 1. The molecule has 0 bridgehead atoms. The Morgan fingerprint density at radius 2 is 2.17 bits per heavy atom. The van der Waals surface area contributed by atoms with E-state index in [2.05, 4.69) is 19.9 Å². The molecule has 1 saturated carbocycles. The summed E-state index contributed by atoms with van der Waals surface area (Å²) in [5.74, 6) is 0.866. The van der Waals surface area contributed by atoms with Crippen molar-refractivity contribution >= 4 is 22.9 Å². The highest BCUT2D eigenvalue weighted by atomic mass is 16.5. The van der Waals surface area contributed by atoms with Gasteiger partial charge in [0.25, 0.3) is 0 Å². The Balaban J connectivity index is 2.00. The minimum absolute atomic E-state index is 0.166. The number of nitrogens with two attached hydrogens (primary N) is 1. The molecule has 0 aromatic carbocycles. The third kappa shape index (κ3) is 2.90. The number of fused-ring (bicyclic) bond motifs is 1. The van der Waals surface area contributed by atoms with Gasteiger partial charge in [0.1, 0.15) is 12.2 Å². The van der Waals surface area contributed by atoms with Crippen LogP contribution in [0.3, 0.4) is 0 Å². The fourth-order valence-electron chi connectivity index (χ4n) is 2.89. The predicted octanol–water partition coefficient (Wildman–Crippen LogP) is -0.0637. The Hall–Kier alpha value is -1.97. The number of anilines is 2. The van der Waals surface area contributed by atoms with Gasteiger partial charge in [-0.2, -0.15) is 9.97 Å². The first-order valence-corrected chi connectivity index (χ1v) is 8.02. The van der Waals surface area contributed by atoms with Crippen LogP contribution in [-0.4, -0.2) is 68.7 Å². The number of nitrogens with zero attached hydrogens (tertiary/aromatic N) is 5. The van der Waals surface area contributed by atoms with Crippen molar-refractivity contribution in [2.45, 2.75) is 44.1 Å². The molecule has 132 valence electrons. The van der Waals surface area contributed by atoms with Gasteiger partial charge in [0.05, 0.1) is 19.0 Å². The van der Waals surface area contributed by atoms with Crippen molar-refractivity contribution in [3.8, 4) is 0 Å². The summed E-state index contributed by atoms with van der Waals surface area (Å²) < 4.78 is 6.86. The number of rotatable bonds is 7. The van der Waals surface area contributed by atoms with Gasteiger partial charge in [-0.25, -0.2) is 4.98 Å². The molecule has 24 heavy (non-hydrogen) atoms. The first kappa shape index (κ1) is 16.9. The second kappa shape index (κ2) is 6.50. The second-order valence-electron chi connectivity index (χ2n) is 6.26. The Labute approximate surface area is 140 Å². The molecule has 4 N–H and O–H groups in total. The third-order valence-corrected chi connectivity index (χ3v) is 4.65. The van der Waals surface area contributed by atoms with E-state index >= 15 is 0 Å². The normalized spacial score (nSPS) is 18.5. The third-order valence-electron chi connectivity index (χ3n) is 4.65. The molecule has 1 aliphatic rings. The second-order valence-corrected chi connectivity index (χ2v) is 6.26. The van der Waals surface area contributed by atoms with Gasteiger partial charge in [-0.1, -0.05) is 0 Å². The lowest BCUT2D eigenvalue weighted by atomic mass is 10.1. The van der Waals surface area contributed by atoms with Crippen LogP contribution in [0.4, 0.5) is 11.8 Å². The lowest BCUT2D eigenvalue weighted by Crippen LogP contribution is -2.37. The largest absolute Gasteiger partial charge is 0.394 e. The minimum Gasteiger partial charge on any atom is -0.394 e. The van der Waals surface area contributed by atoms with Crippen LogP contribution < -0.4 is 10.6 Å². The minimum atomic E-state index is -0.918. The zero-order valence-electron chi connectivity index (χ0n) is 14.1. The number of hydrogen-bond donors (Lipinski definition) is 3. The lowest BCUT2D eigenvalue weighted by Gasteiger charge is -2.26. The van der Waals surface area contributed by atoms with E-state index in [4.69, 9.17) is 10.5 Å². The van der Waals surface area contributed by atoms with Crippen LogP contribution in [-0.2, 0) is 4.74 Å². The molecule has 1 aliphatic carbocycles. The molecule has 0 amide bonds. The molecule has 9 heteroatoms. The first-order chi connectivity index (χ1) is 11.5.